The highest BCUT2D eigenvalue weighted by Gasteiger charge is 2.48. The van der Waals surface area contributed by atoms with Crippen molar-refractivity contribution >= 4 is 15.7 Å². The molecule has 3 rings (SSSR count). The van der Waals surface area contributed by atoms with E-state index in [0.717, 1.165) is 24.5 Å². The SMILES string of the molecule is O=C(N[C@H]1CC[C@](F)(S(=O)(=O)c2cccc(C(F)(F)F)c2)CC1)c1cnccc1C(F)(F)F. The number of nitrogens with one attached hydrogen (secondary N) is 1. The smallest absolute Gasteiger partial charge is 0.349 e. The summed E-state index contributed by atoms with van der Waals surface area (Å²) in [6, 6.07) is 2.52. The van der Waals surface area contributed by atoms with Crippen LogP contribution in [0.15, 0.2) is 47.6 Å². The molecule has 1 aliphatic rings. The number of halogens is 7. The second-order valence-corrected chi connectivity index (χ2v) is 9.79. The van der Waals surface area contributed by atoms with Crippen LogP contribution >= 0.6 is 0 Å². The van der Waals surface area contributed by atoms with E-state index in [4.69, 9.17) is 0 Å². The number of benzene rings is 1. The first kappa shape index (κ1) is 24.9. The van der Waals surface area contributed by atoms with Crippen LogP contribution < -0.4 is 5.32 Å². The van der Waals surface area contributed by atoms with E-state index in [1.54, 1.807) is 0 Å². The van der Waals surface area contributed by atoms with Gasteiger partial charge in [-0.05, 0) is 49.9 Å². The number of alkyl halides is 7. The monoisotopic (exact) mass is 498 g/mol. The van der Waals surface area contributed by atoms with Crippen LogP contribution in [0.4, 0.5) is 30.7 Å². The van der Waals surface area contributed by atoms with E-state index in [9.17, 15) is 39.6 Å². The number of rotatable bonds is 4. The molecule has 1 amide bonds. The Bertz CT molecular complexity index is 1140. The van der Waals surface area contributed by atoms with Gasteiger partial charge in [-0.3, -0.25) is 9.78 Å². The second-order valence-electron chi connectivity index (χ2n) is 7.58. The molecular formula is C20H17F7N2O3S. The minimum atomic E-state index is -4.82. The lowest BCUT2D eigenvalue weighted by Crippen LogP contribution is -2.45. The minimum Gasteiger partial charge on any atom is -0.349 e. The van der Waals surface area contributed by atoms with Crippen LogP contribution in [0, 0.1) is 0 Å². The average Bonchev–Trinajstić information content (AvgIpc) is 2.74. The van der Waals surface area contributed by atoms with E-state index in [1.807, 2.05) is 0 Å². The first-order chi connectivity index (χ1) is 15.1. The fourth-order valence-corrected chi connectivity index (χ4v) is 5.33. The van der Waals surface area contributed by atoms with E-state index in [2.05, 4.69) is 10.3 Å². The number of carbonyl (C=O) groups is 1. The molecule has 0 bridgehead atoms. The normalized spacial score (nSPS) is 22.1. The Morgan fingerprint density at radius 3 is 2.24 bits per heavy atom. The van der Waals surface area contributed by atoms with Crippen molar-refractivity contribution < 1.29 is 43.9 Å². The molecule has 0 spiro atoms. The van der Waals surface area contributed by atoms with Gasteiger partial charge in [-0.1, -0.05) is 6.07 Å². The quantitative estimate of drug-likeness (QED) is 0.607. The third-order valence-electron chi connectivity index (χ3n) is 5.39. The molecule has 2 aromatic rings. The minimum absolute atomic E-state index is 0.248. The maximum Gasteiger partial charge on any atom is 0.417 e. The molecule has 1 aromatic carbocycles. The zero-order valence-corrected chi connectivity index (χ0v) is 17.5. The van der Waals surface area contributed by atoms with E-state index in [-0.39, 0.29) is 12.8 Å². The maximum absolute atomic E-state index is 15.4. The molecule has 0 atom stereocenters. The molecule has 1 aliphatic carbocycles. The van der Waals surface area contributed by atoms with E-state index < -0.39 is 73.6 Å². The summed E-state index contributed by atoms with van der Waals surface area (Å²) in [5.41, 5.74) is -3.19. The number of sulfone groups is 1. The van der Waals surface area contributed by atoms with Crippen LogP contribution in [0.5, 0.6) is 0 Å². The summed E-state index contributed by atoms with van der Waals surface area (Å²) in [5.74, 6) is -1.10. The summed E-state index contributed by atoms with van der Waals surface area (Å²) in [6.45, 7) is 0. The summed E-state index contributed by atoms with van der Waals surface area (Å²) in [4.78, 5) is 15.0. The average molecular weight is 498 g/mol. The Morgan fingerprint density at radius 2 is 1.67 bits per heavy atom. The van der Waals surface area contributed by atoms with Crippen molar-refractivity contribution in [3.8, 4) is 0 Å². The van der Waals surface area contributed by atoms with Crippen LogP contribution in [0.2, 0.25) is 0 Å². The van der Waals surface area contributed by atoms with Gasteiger partial charge >= 0.3 is 12.4 Å². The molecule has 13 heteroatoms. The summed E-state index contributed by atoms with van der Waals surface area (Å²) >= 11 is 0. The van der Waals surface area contributed by atoms with E-state index >= 15 is 4.39 Å². The third kappa shape index (κ3) is 5.12. The molecule has 0 unspecified atom stereocenters. The molecular weight excluding hydrogens is 481 g/mol. The summed E-state index contributed by atoms with van der Waals surface area (Å²) in [6.07, 6.45) is -9.84. The summed E-state index contributed by atoms with van der Waals surface area (Å²) < 4.78 is 119. The van der Waals surface area contributed by atoms with Crippen LogP contribution in [0.3, 0.4) is 0 Å². The predicted molar refractivity (Wildman–Crippen MR) is 101 cm³/mol. The van der Waals surface area contributed by atoms with Gasteiger partial charge in [0.1, 0.15) is 0 Å². The predicted octanol–water partition coefficient (Wildman–Crippen LogP) is 4.93. The standard InChI is InChI=1S/C20H17F7N2O3S/c21-18(33(31,32)14-3-1-2-12(10-14)19(22,23)24)7-4-13(5-8-18)29-17(30)15-11-28-9-6-16(15)20(25,26)27/h1-3,6,9-11,13H,4-5,7-8H2,(H,29,30)/t13-,18-. The van der Waals surface area contributed by atoms with Gasteiger partial charge in [0.2, 0.25) is 14.8 Å². The van der Waals surface area contributed by atoms with Crippen molar-refractivity contribution in [3.05, 3.63) is 59.4 Å². The largest absolute Gasteiger partial charge is 0.417 e. The van der Waals surface area contributed by atoms with Crippen molar-refractivity contribution in [1.29, 1.82) is 0 Å². The zero-order valence-electron chi connectivity index (χ0n) is 16.7. The Kier molecular flexibility index (Phi) is 6.48. The number of hydrogen-bond donors (Lipinski definition) is 1. The number of pyridine rings is 1. The Morgan fingerprint density at radius 1 is 1.03 bits per heavy atom. The van der Waals surface area contributed by atoms with Crippen LogP contribution in [-0.2, 0) is 22.2 Å². The third-order valence-corrected chi connectivity index (χ3v) is 7.64. The van der Waals surface area contributed by atoms with Gasteiger partial charge < -0.3 is 5.32 Å². The van der Waals surface area contributed by atoms with Gasteiger partial charge in [-0.15, -0.1) is 0 Å². The molecule has 1 aromatic heterocycles. The molecule has 1 saturated carbocycles. The lowest BCUT2D eigenvalue weighted by atomic mass is 9.93. The maximum atomic E-state index is 15.4. The molecule has 0 saturated heterocycles. The first-order valence-electron chi connectivity index (χ1n) is 9.58. The van der Waals surface area contributed by atoms with Gasteiger partial charge in [0.15, 0.2) is 0 Å². The highest BCUT2D eigenvalue weighted by atomic mass is 32.2. The number of amides is 1. The zero-order chi connectivity index (χ0) is 24.7. The Balaban J connectivity index is 1.74. The summed E-state index contributed by atoms with van der Waals surface area (Å²) in [7, 11) is -4.81. The molecule has 1 heterocycles. The fraction of sp³-hybridized carbons (Fsp3) is 0.400. The topological polar surface area (TPSA) is 76.1 Å². The van der Waals surface area contributed by atoms with Crippen molar-refractivity contribution in [2.45, 2.75) is 54.0 Å². The van der Waals surface area contributed by atoms with Gasteiger partial charge in [-0.25, -0.2) is 12.8 Å². The van der Waals surface area contributed by atoms with Crippen LogP contribution in [0.25, 0.3) is 0 Å². The van der Waals surface area contributed by atoms with Crippen LogP contribution in [0.1, 0.15) is 47.2 Å². The molecule has 1 N–H and O–H groups in total. The van der Waals surface area contributed by atoms with Gasteiger partial charge in [0.05, 0.1) is 21.6 Å². The second kappa shape index (κ2) is 8.58. The summed E-state index contributed by atoms with van der Waals surface area (Å²) in [5, 5.41) is -0.569. The number of aromatic nitrogens is 1. The van der Waals surface area contributed by atoms with Gasteiger partial charge in [0.25, 0.3) is 5.91 Å². The molecule has 0 aliphatic heterocycles. The van der Waals surface area contributed by atoms with Crippen molar-refractivity contribution in [3.63, 3.8) is 0 Å². The highest BCUT2D eigenvalue weighted by molar-refractivity contribution is 7.92. The van der Waals surface area contributed by atoms with E-state index in [0.29, 0.717) is 18.2 Å². The molecule has 0 radical (unpaired) electrons. The molecule has 180 valence electrons. The van der Waals surface area contributed by atoms with Gasteiger partial charge in [-0.2, -0.15) is 26.3 Å². The molecule has 5 nitrogen and oxygen atoms in total. The number of hydrogen-bond acceptors (Lipinski definition) is 4. The number of carbonyl (C=O) groups excluding carboxylic acids is 1. The fourth-order valence-electron chi connectivity index (χ4n) is 3.60. The van der Waals surface area contributed by atoms with Crippen molar-refractivity contribution in [2.24, 2.45) is 0 Å². The lowest BCUT2D eigenvalue weighted by Gasteiger charge is -2.34. The number of nitrogens with zero attached hydrogens (tertiary/aromatic N) is 1. The molecule has 33 heavy (non-hydrogen) atoms. The van der Waals surface area contributed by atoms with Crippen molar-refractivity contribution in [1.82, 2.24) is 10.3 Å². The Labute approximate surface area is 183 Å². The van der Waals surface area contributed by atoms with Crippen LogP contribution in [-0.4, -0.2) is 30.4 Å². The van der Waals surface area contributed by atoms with Gasteiger partial charge in [0, 0.05) is 18.4 Å². The first-order valence-corrected chi connectivity index (χ1v) is 11.1. The Hall–Kier alpha value is -2.70. The lowest BCUT2D eigenvalue weighted by molar-refractivity contribution is -0.138. The van der Waals surface area contributed by atoms with Crippen molar-refractivity contribution in [2.75, 3.05) is 0 Å². The highest BCUT2D eigenvalue weighted by Crippen LogP contribution is 2.41. The van der Waals surface area contributed by atoms with E-state index in [1.165, 1.54) is 0 Å². The molecule has 1 fully saturated rings.